The van der Waals surface area contributed by atoms with Gasteiger partial charge in [0, 0.05) is 38.3 Å². The van der Waals surface area contributed by atoms with Crippen molar-refractivity contribution in [2.45, 2.75) is 45.2 Å². The molecule has 1 saturated carbocycles. The van der Waals surface area contributed by atoms with E-state index in [0.717, 1.165) is 31.0 Å². The van der Waals surface area contributed by atoms with Crippen molar-refractivity contribution in [3.05, 3.63) is 0 Å². The van der Waals surface area contributed by atoms with Gasteiger partial charge in [-0.25, -0.2) is 0 Å². The molecule has 0 aromatic heterocycles. The monoisotopic (exact) mass is 239 g/mol. The Bertz CT molecular complexity index is 244. The van der Waals surface area contributed by atoms with E-state index in [1.54, 1.807) is 0 Å². The van der Waals surface area contributed by atoms with Crippen LogP contribution in [0.5, 0.6) is 0 Å². The lowest BCUT2D eigenvalue weighted by molar-refractivity contribution is 0.00536. The summed E-state index contributed by atoms with van der Waals surface area (Å²) in [4.78, 5) is 5.14. The zero-order chi connectivity index (χ0) is 12.4. The Labute approximate surface area is 106 Å². The highest BCUT2D eigenvalue weighted by Gasteiger charge is 2.36. The molecule has 1 heterocycles. The van der Waals surface area contributed by atoms with Gasteiger partial charge in [-0.15, -0.1) is 0 Å². The fourth-order valence-electron chi connectivity index (χ4n) is 3.69. The Kier molecular flexibility index (Phi) is 4.45. The van der Waals surface area contributed by atoms with Crippen LogP contribution < -0.4 is 5.73 Å². The molecule has 3 nitrogen and oxygen atoms in total. The van der Waals surface area contributed by atoms with Gasteiger partial charge in [0.1, 0.15) is 0 Å². The second-order valence-electron chi connectivity index (χ2n) is 6.22. The van der Waals surface area contributed by atoms with Crippen molar-refractivity contribution in [2.75, 3.05) is 33.2 Å². The summed E-state index contributed by atoms with van der Waals surface area (Å²) in [7, 11) is 2.22. The van der Waals surface area contributed by atoms with Gasteiger partial charge < -0.3 is 10.6 Å². The van der Waals surface area contributed by atoms with Crippen molar-refractivity contribution in [1.29, 1.82) is 0 Å². The first kappa shape index (κ1) is 13.3. The second-order valence-corrected chi connectivity index (χ2v) is 6.22. The maximum Gasteiger partial charge on any atom is 0.0349 e. The van der Waals surface area contributed by atoms with Gasteiger partial charge in [0.15, 0.2) is 0 Å². The van der Waals surface area contributed by atoms with Gasteiger partial charge in [0.2, 0.25) is 0 Å². The van der Waals surface area contributed by atoms with E-state index in [1.165, 1.54) is 32.4 Å². The molecule has 2 rings (SSSR count). The second kappa shape index (κ2) is 5.68. The fourth-order valence-corrected chi connectivity index (χ4v) is 3.69. The molecule has 0 spiro atoms. The SMILES string of the molecule is CC1CCCC(N2CCN(C)CC2CN)C1C. The molecule has 2 fully saturated rings. The van der Waals surface area contributed by atoms with Crippen LogP contribution in [0.2, 0.25) is 0 Å². The van der Waals surface area contributed by atoms with Gasteiger partial charge in [-0.05, 0) is 25.3 Å². The van der Waals surface area contributed by atoms with Crippen LogP contribution in [0.1, 0.15) is 33.1 Å². The molecular formula is C14H29N3. The van der Waals surface area contributed by atoms with Crippen LogP contribution in [0.3, 0.4) is 0 Å². The Morgan fingerprint density at radius 1 is 1.18 bits per heavy atom. The molecule has 100 valence electrons. The molecule has 0 bridgehead atoms. The molecule has 4 atom stereocenters. The van der Waals surface area contributed by atoms with Crippen LogP contribution in [0, 0.1) is 11.8 Å². The standard InChI is InChI=1S/C14H29N3/c1-11-5-4-6-14(12(11)2)17-8-7-16(3)10-13(17)9-15/h11-14H,4-10,15H2,1-3H3. The summed E-state index contributed by atoms with van der Waals surface area (Å²) in [5, 5.41) is 0. The first-order chi connectivity index (χ1) is 8.13. The summed E-state index contributed by atoms with van der Waals surface area (Å²) in [6.07, 6.45) is 4.20. The third kappa shape index (κ3) is 2.83. The first-order valence-corrected chi connectivity index (χ1v) is 7.27. The van der Waals surface area contributed by atoms with E-state index in [2.05, 4.69) is 30.7 Å². The van der Waals surface area contributed by atoms with Crippen LogP contribution >= 0.6 is 0 Å². The molecule has 2 N–H and O–H groups in total. The topological polar surface area (TPSA) is 32.5 Å². The number of likely N-dealkylation sites (N-methyl/N-ethyl adjacent to an activating group) is 1. The van der Waals surface area contributed by atoms with Gasteiger partial charge in [-0.2, -0.15) is 0 Å². The molecule has 0 aromatic carbocycles. The van der Waals surface area contributed by atoms with Crippen LogP contribution in [0.15, 0.2) is 0 Å². The molecule has 1 saturated heterocycles. The zero-order valence-electron chi connectivity index (χ0n) is 11.7. The van der Waals surface area contributed by atoms with E-state index >= 15 is 0 Å². The summed E-state index contributed by atoms with van der Waals surface area (Å²) < 4.78 is 0. The molecule has 3 heteroatoms. The molecular weight excluding hydrogens is 210 g/mol. The summed E-state index contributed by atoms with van der Waals surface area (Å²) in [5.74, 6) is 1.72. The number of nitrogens with two attached hydrogens (primary N) is 1. The zero-order valence-corrected chi connectivity index (χ0v) is 11.7. The Morgan fingerprint density at radius 3 is 2.65 bits per heavy atom. The van der Waals surface area contributed by atoms with Crippen LogP contribution in [0.4, 0.5) is 0 Å². The van der Waals surface area contributed by atoms with Gasteiger partial charge in [0.05, 0.1) is 0 Å². The lowest BCUT2D eigenvalue weighted by Gasteiger charge is -2.48. The van der Waals surface area contributed by atoms with E-state index in [0.29, 0.717) is 6.04 Å². The average Bonchev–Trinajstić information content (AvgIpc) is 2.33. The Morgan fingerprint density at radius 2 is 1.94 bits per heavy atom. The minimum absolute atomic E-state index is 0.575. The Balaban J connectivity index is 2.04. The molecule has 0 amide bonds. The highest BCUT2D eigenvalue weighted by molar-refractivity contribution is 4.91. The molecule has 0 radical (unpaired) electrons. The van der Waals surface area contributed by atoms with Crippen LogP contribution in [-0.4, -0.2) is 55.1 Å². The average molecular weight is 239 g/mol. The van der Waals surface area contributed by atoms with Gasteiger partial charge in [-0.3, -0.25) is 4.90 Å². The van der Waals surface area contributed by atoms with Crippen molar-refractivity contribution >= 4 is 0 Å². The largest absolute Gasteiger partial charge is 0.329 e. The maximum atomic E-state index is 5.97. The fraction of sp³-hybridized carbons (Fsp3) is 1.00. The van der Waals surface area contributed by atoms with Gasteiger partial charge in [-0.1, -0.05) is 26.7 Å². The van der Waals surface area contributed by atoms with Crippen molar-refractivity contribution in [3.63, 3.8) is 0 Å². The summed E-state index contributed by atoms with van der Waals surface area (Å²) >= 11 is 0. The molecule has 2 aliphatic rings. The van der Waals surface area contributed by atoms with E-state index in [9.17, 15) is 0 Å². The summed E-state index contributed by atoms with van der Waals surface area (Å²) in [6.45, 7) is 9.23. The maximum absolute atomic E-state index is 5.97. The highest BCUT2D eigenvalue weighted by Crippen LogP contribution is 2.34. The van der Waals surface area contributed by atoms with Gasteiger partial charge >= 0.3 is 0 Å². The molecule has 17 heavy (non-hydrogen) atoms. The minimum Gasteiger partial charge on any atom is -0.329 e. The third-order valence-corrected chi connectivity index (χ3v) is 5.09. The van der Waals surface area contributed by atoms with Crippen LogP contribution in [-0.2, 0) is 0 Å². The lowest BCUT2D eigenvalue weighted by atomic mass is 9.76. The lowest BCUT2D eigenvalue weighted by Crippen LogP contribution is -2.60. The van der Waals surface area contributed by atoms with Crippen molar-refractivity contribution < 1.29 is 0 Å². The normalized spacial score (nSPS) is 41.6. The highest BCUT2D eigenvalue weighted by atomic mass is 15.3. The number of nitrogens with zero attached hydrogens (tertiary/aromatic N) is 2. The molecule has 0 aromatic rings. The predicted octanol–water partition coefficient (Wildman–Crippen LogP) is 1.39. The molecule has 1 aliphatic carbocycles. The number of hydrogen-bond donors (Lipinski definition) is 1. The number of hydrogen-bond acceptors (Lipinski definition) is 3. The van der Waals surface area contributed by atoms with E-state index in [1.807, 2.05) is 0 Å². The van der Waals surface area contributed by atoms with E-state index < -0.39 is 0 Å². The van der Waals surface area contributed by atoms with E-state index in [4.69, 9.17) is 5.73 Å². The summed E-state index contributed by atoms with van der Waals surface area (Å²) in [5.41, 5.74) is 5.97. The minimum atomic E-state index is 0.575. The van der Waals surface area contributed by atoms with Crippen molar-refractivity contribution in [2.24, 2.45) is 17.6 Å². The smallest absolute Gasteiger partial charge is 0.0349 e. The third-order valence-electron chi connectivity index (χ3n) is 5.09. The van der Waals surface area contributed by atoms with Crippen molar-refractivity contribution in [1.82, 2.24) is 9.80 Å². The van der Waals surface area contributed by atoms with Crippen LogP contribution in [0.25, 0.3) is 0 Å². The number of rotatable bonds is 2. The molecule has 4 unspecified atom stereocenters. The summed E-state index contributed by atoms with van der Waals surface area (Å²) in [6, 6.07) is 1.35. The first-order valence-electron chi connectivity index (χ1n) is 7.27. The Hall–Kier alpha value is -0.120. The number of piperazine rings is 1. The molecule has 1 aliphatic heterocycles. The van der Waals surface area contributed by atoms with Gasteiger partial charge in [0.25, 0.3) is 0 Å². The quantitative estimate of drug-likeness (QED) is 0.790. The van der Waals surface area contributed by atoms with E-state index in [-0.39, 0.29) is 0 Å². The predicted molar refractivity (Wildman–Crippen MR) is 73.0 cm³/mol. The van der Waals surface area contributed by atoms with Crippen molar-refractivity contribution in [3.8, 4) is 0 Å².